The van der Waals surface area contributed by atoms with Crippen molar-refractivity contribution in [2.75, 3.05) is 31.6 Å². The number of likely N-dealkylation sites (tertiary alicyclic amines) is 1. The Balaban J connectivity index is 1.52. The fourth-order valence-electron chi connectivity index (χ4n) is 2.95. The number of benzene rings is 1. The zero-order valence-corrected chi connectivity index (χ0v) is 13.4. The Bertz CT molecular complexity index is 520. The smallest absolute Gasteiger partial charge is 0.227 e. The molecular formula is C18H26N2O2. The molecule has 0 spiro atoms. The van der Waals surface area contributed by atoms with Crippen molar-refractivity contribution in [2.45, 2.75) is 39.0 Å². The SMILES string of the molecule is Cc1c(NC(=O)C2CC2)cccc1OCCN1CCCCC1. The minimum absolute atomic E-state index is 0.147. The lowest BCUT2D eigenvalue weighted by Crippen LogP contribution is -2.33. The number of ether oxygens (including phenoxy) is 1. The van der Waals surface area contributed by atoms with Crippen molar-refractivity contribution in [3.63, 3.8) is 0 Å². The van der Waals surface area contributed by atoms with Gasteiger partial charge in [0.15, 0.2) is 0 Å². The summed E-state index contributed by atoms with van der Waals surface area (Å²) in [4.78, 5) is 14.4. The first kappa shape index (κ1) is 15.3. The third kappa shape index (κ3) is 4.01. The average Bonchev–Trinajstić information content (AvgIpc) is 3.37. The van der Waals surface area contributed by atoms with Crippen molar-refractivity contribution >= 4 is 11.6 Å². The molecule has 1 heterocycles. The highest BCUT2D eigenvalue weighted by Gasteiger charge is 2.29. The van der Waals surface area contributed by atoms with Gasteiger partial charge < -0.3 is 10.1 Å². The van der Waals surface area contributed by atoms with Gasteiger partial charge in [-0.2, -0.15) is 0 Å². The van der Waals surface area contributed by atoms with E-state index in [1.807, 2.05) is 25.1 Å². The van der Waals surface area contributed by atoms with E-state index in [4.69, 9.17) is 4.74 Å². The van der Waals surface area contributed by atoms with Gasteiger partial charge in [-0.25, -0.2) is 0 Å². The molecule has 4 heteroatoms. The first-order valence-electron chi connectivity index (χ1n) is 8.49. The third-order valence-corrected chi connectivity index (χ3v) is 4.60. The van der Waals surface area contributed by atoms with Crippen LogP contribution < -0.4 is 10.1 Å². The van der Waals surface area contributed by atoms with E-state index in [0.29, 0.717) is 6.61 Å². The Morgan fingerprint density at radius 1 is 1.27 bits per heavy atom. The van der Waals surface area contributed by atoms with Gasteiger partial charge in [-0.15, -0.1) is 0 Å². The first-order chi connectivity index (χ1) is 10.7. The highest BCUT2D eigenvalue weighted by atomic mass is 16.5. The fourth-order valence-corrected chi connectivity index (χ4v) is 2.95. The fraction of sp³-hybridized carbons (Fsp3) is 0.611. The quantitative estimate of drug-likeness (QED) is 0.877. The lowest BCUT2D eigenvalue weighted by atomic mass is 10.1. The topological polar surface area (TPSA) is 41.6 Å². The summed E-state index contributed by atoms with van der Waals surface area (Å²) in [6.45, 7) is 6.09. The maximum atomic E-state index is 11.9. The molecule has 1 N–H and O–H groups in total. The van der Waals surface area contributed by atoms with Crippen molar-refractivity contribution in [2.24, 2.45) is 5.92 Å². The second kappa shape index (κ2) is 7.14. The molecule has 4 nitrogen and oxygen atoms in total. The molecule has 2 aliphatic rings. The minimum Gasteiger partial charge on any atom is -0.492 e. The predicted molar refractivity (Wildman–Crippen MR) is 88.3 cm³/mol. The molecule has 22 heavy (non-hydrogen) atoms. The van der Waals surface area contributed by atoms with Crippen molar-refractivity contribution in [3.05, 3.63) is 23.8 Å². The molecule has 0 atom stereocenters. The second-order valence-electron chi connectivity index (χ2n) is 6.44. The lowest BCUT2D eigenvalue weighted by molar-refractivity contribution is -0.117. The van der Waals surface area contributed by atoms with E-state index in [-0.39, 0.29) is 11.8 Å². The summed E-state index contributed by atoms with van der Waals surface area (Å²) in [6.07, 6.45) is 6.02. The van der Waals surface area contributed by atoms with E-state index >= 15 is 0 Å². The van der Waals surface area contributed by atoms with Crippen LogP contribution in [0, 0.1) is 12.8 Å². The van der Waals surface area contributed by atoms with E-state index in [1.54, 1.807) is 0 Å². The van der Waals surface area contributed by atoms with Crippen molar-refractivity contribution in [1.29, 1.82) is 0 Å². The Hall–Kier alpha value is -1.55. The van der Waals surface area contributed by atoms with Gasteiger partial charge in [-0.3, -0.25) is 9.69 Å². The summed E-state index contributed by atoms with van der Waals surface area (Å²) < 4.78 is 5.94. The van der Waals surface area contributed by atoms with Crippen LogP contribution in [0.25, 0.3) is 0 Å². The Morgan fingerprint density at radius 3 is 2.77 bits per heavy atom. The Kier molecular flexibility index (Phi) is 4.98. The van der Waals surface area contributed by atoms with Crippen LogP contribution in [0.5, 0.6) is 5.75 Å². The molecule has 2 fully saturated rings. The van der Waals surface area contributed by atoms with Gasteiger partial charge in [-0.1, -0.05) is 12.5 Å². The number of carbonyl (C=O) groups excluding carboxylic acids is 1. The van der Waals surface area contributed by atoms with Crippen LogP contribution in [0.1, 0.15) is 37.7 Å². The summed E-state index contributed by atoms with van der Waals surface area (Å²) >= 11 is 0. The van der Waals surface area contributed by atoms with Gasteiger partial charge in [0.2, 0.25) is 5.91 Å². The predicted octanol–water partition coefficient (Wildman–Crippen LogP) is 3.21. The van der Waals surface area contributed by atoms with Crippen LogP contribution in [0.2, 0.25) is 0 Å². The highest BCUT2D eigenvalue weighted by Crippen LogP contribution is 2.32. The van der Waals surface area contributed by atoms with Gasteiger partial charge >= 0.3 is 0 Å². The summed E-state index contributed by atoms with van der Waals surface area (Å²) in [7, 11) is 0. The minimum atomic E-state index is 0.147. The number of anilines is 1. The molecule has 1 aromatic carbocycles. The summed E-state index contributed by atoms with van der Waals surface area (Å²) in [6, 6.07) is 5.89. The van der Waals surface area contributed by atoms with Crippen LogP contribution in [0.4, 0.5) is 5.69 Å². The van der Waals surface area contributed by atoms with Crippen molar-refractivity contribution < 1.29 is 9.53 Å². The molecule has 120 valence electrons. The molecular weight excluding hydrogens is 276 g/mol. The molecule has 0 bridgehead atoms. The molecule has 1 amide bonds. The first-order valence-corrected chi connectivity index (χ1v) is 8.49. The van der Waals surface area contributed by atoms with E-state index in [1.165, 1.54) is 32.4 Å². The number of hydrogen-bond acceptors (Lipinski definition) is 3. The Labute approximate surface area is 132 Å². The number of nitrogens with zero attached hydrogens (tertiary/aromatic N) is 1. The molecule has 1 aromatic rings. The second-order valence-corrected chi connectivity index (χ2v) is 6.44. The molecule has 1 aliphatic carbocycles. The summed E-state index contributed by atoms with van der Waals surface area (Å²) in [5, 5.41) is 3.02. The largest absolute Gasteiger partial charge is 0.492 e. The highest BCUT2D eigenvalue weighted by molar-refractivity contribution is 5.94. The van der Waals surface area contributed by atoms with Crippen LogP contribution in [0.3, 0.4) is 0 Å². The van der Waals surface area contributed by atoms with E-state index in [2.05, 4.69) is 10.2 Å². The molecule has 3 rings (SSSR count). The molecule has 1 saturated carbocycles. The van der Waals surface area contributed by atoms with Crippen LogP contribution in [-0.2, 0) is 4.79 Å². The van der Waals surface area contributed by atoms with E-state index in [0.717, 1.165) is 36.4 Å². The van der Waals surface area contributed by atoms with E-state index in [9.17, 15) is 4.79 Å². The van der Waals surface area contributed by atoms with Gasteiger partial charge in [0, 0.05) is 23.7 Å². The number of piperidine rings is 1. The van der Waals surface area contributed by atoms with E-state index < -0.39 is 0 Å². The summed E-state index contributed by atoms with van der Waals surface area (Å²) in [5.41, 5.74) is 1.91. The normalized spacial score (nSPS) is 19.0. The monoisotopic (exact) mass is 302 g/mol. The molecule has 1 aliphatic heterocycles. The van der Waals surface area contributed by atoms with Gasteiger partial charge in [0.25, 0.3) is 0 Å². The zero-order chi connectivity index (χ0) is 15.4. The van der Waals surface area contributed by atoms with Gasteiger partial charge in [0.05, 0.1) is 0 Å². The number of hydrogen-bond donors (Lipinski definition) is 1. The van der Waals surface area contributed by atoms with Gasteiger partial charge in [0.1, 0.15) is 12.4 Å². The summed E-state index contributed by atoms with van der Waals surface area (Å²) in [5.74, 6) is 1.25. The number of carbonyl (C=O) groups is 1. The molecule has 1 saturated heterocycles. The molecule has 0 aromatic heterocycles. The van der Waals surface area contributed by atoms with Crippen molar-refractivity contribution in [3.8, 4) is 5.75 Å². The maximum Gasteiger partial charge on any atom is 0.227 e. The number of nitrogens with one attached hydrogen (secondary N) is 1. The van der Waals surface area contributed by atoms with Gasteiger partial charge in [-0.05, 0) is 57.8 Å². The van der Waals surface area contributed by atoms with Crippen LogP contribution in [-0.4, -0.2) is 37.0 Å². The zero-order valence-electron chi connectivity index (χ0n) is 13.4. The number of rotatable bonds is 6. The maximum absolute atomic E-state index is 11.9. The van der Waals surface area contributed by atoms with Crippen LogP contribution in [0.15, 0.2) is 18.2 Å². The Morgan fingerprint density at radius 2 is 2.05 bits per heavy atom. The van der Waals surface area contributed by atoms with Crippen LogP contribution >= 0.6 is 0 Å². The standard InChI is InChI=1S/C18H26N2O2/c1-14-16(19-18(21)15-8-9-15)6-5-7-17(14)22-13-12-20-10-3-2-4-11-20/h5-7,15H,2-4,8-13H2,1H3,(H,19,21). The molecule has 0 unspecified atom stereocenters. The van der Waals surface area contributed by atoms with Crippen molar-refractivity contribution in [1.82, 2.24) is 4.90 Å². The lowest BCUT2D eigenvalue weighted by Gasteiger charge is -2.26. The molecule has 0 radical (unpaired) electrons. The number of amides is 1. The average molecular weight is 302 g/mol. The third-order valence-electron chi connectivity index (χ3n) is 4.60.